The largest absolute Gasteiger partial charge is 0.383 e. The number of hydrogen-bond acceptors (Lipinski definition) is 4. The van der Waals surface area contributed by atoms with E-state index in [-0.39, 0.29) is 11.8 Å². The first-order valence-electron chi connectivity index (χ1n) is 8.75. The Morgan fingerprint density at radius 2 is 2.24 bits per heavy atom. The number of amides is 1. The van der Waals surface area contributed by atoms with Gasteiger partial charge in [0, 0.05) is 38.3 Å². The van der Waals surface area contributed by atoms with Crippen LogP contribution in [0.2, 0.25) is 0 Å². The van der Waals surface area contributed by atoms with E-state index in [4.69, 9.17) is 4.74 Å². The van der Waals surface area contributed by atoms with Crippen molar-refractivity contribution in [3.05, 3.63) is 48.0 Å². The number of para-hydroxylation sites is 1. The molecule has 6 heteroatoms. The third kappa shape index (κ3) is 4.46. The summed E-state index contributed by atoms with van der Waals surface area (Å²) in [6.07, 6.45) is 4.65. The van der Waals surface area contributed by atoms with Crippen molar-refractivity contribution in [2.75, 3.05) is 38.7 Å². The molecule has 1 aliphatic rings. The Hall–Kier alpha value is -2.18. The topological polar surface area (TPSA) is 59.4 Å². The summed E-state index contributed by atoms with van der Waals surface area (Å²) in [5.74, 6) is 1.11. The second-order valence-electron chi connectivity index (χ2n) is 6.53. The van der Waals surface area contributed by atoms with Gasteiger partial charge in [0.15, 0.2) is 0 Å². The van der Waals surface area contributed by atoms with E-state index in [0.29, 0.717) is 13.2 Å². The van der Waals surface area contributed by atoms with Crippen LogP contribution in [-0.4, -0.2) is 53.7 Å². The number of rotatable bonds is 7. The van der Waals surface area contributed by atoms with Crippen LogP contribution in [0.3, 0.4) is 0 Å². The average molecular weight is 342 g/mol. The van der Waals surface area contributed by atoms with E-state index in [0.717, 1.165) is 43.1 Å². The molecular formula is C19H26N4O2. The minimum absolute atomic E-state index is 0.0416. The Kier molecular flexibility index (Phi) is 5.83. The highest BCUT2D eigenvalue weighted by molar-refractivity contribution is 5.93. The van der Waals surface area contributed by atoms with Crippen molar-refractivity contribution in [1.29, 1.82) is 0 Å². The fraction of sp³-hybridized carbons (Fsp3) is 0.474. The number of aromatic nitrogens is 2. The van der Waals surface area contributed by atoms with Gasteiger partial charge in [-0.15, -0.1) is 0 Å². The van der Waals surface area contributed by atoms with Crippen LogP contribution in [0, 0.1) is 12.8 Å². The summed E-state index contributed by atoms with van der Waals surface area (Å²) in [5.41, 5.74) is 1.97. The van der Waals surface area contributed by atoms with E-state index in [2.05, 4.69) is 25.8 Å². The molecule has 0 saturated carbocycles. The second-order valence-corrected chi connectivity index (χ2v) is 6.53. The van der Waals surface area contributed by atoms with E-state index in [1.807, 2.05) is 31.3 Å². The zero-order valence-corrected chi connectivity index (χ0v) is 14.9. The maximum atomic E-state index is 12.7. The molecule has 25 heavy (non-hydrogen) atoms. The van der Waals surface area contributed by atoms with Crippen molar-refractivity contribution < 1.29 is 9.53 Å². The van der Waals surface area contributed by atoms with Gasteiger partial charge >= 0.3 is 0 Å². The van der Waals surface area contributed by atoms with Crippen molar-refractivity contribution >= 4 is 11.6 Å². The molecule has 1 atom stereocenters. The molecule has 0 aliphatic carbocycles. The number of carbonyl (C=O) groups is 1. The minimum Gasteiger partial charge on any atom is -0.383 e. The molecule has 134 valence electrons. The predicted molar refractivity (Wildman–Crippen MR) is 97.6 cm³/mol. The van der Waals surface area contributed by atoms with E-state index in [9.17, 15) is 4.79 Å². The van der Waals surface area contributed by atoms with Gasteiger partial charge in [0.05, 0.1) is 19.1 Å². The van der Waals surface area contributed by atoms with Crippen LogP contribution in [0.15, 0.2) is 36.7 Å². The third-order valence-corrected chi connectivity index (χ3v) is 4.79. The van der Waals surface area contributed by atoms with E-state index in [1.54, 1.807) is 13.3 Å². The van der Waals surface area contributed by atoms with Crippen molar-refractivity contribution in [3.8, 4) is 0 Å². The summed E-state index contributed by atoms with van der Waals surface area (Å²) in [4.78, 5) is 19.2. The van der Waals surface area contributed by atoms with Gasteiger partial charge in [-0.25, -0.2) is 4.98 Å². The summed E-state index contributed by atoms with van der Waals surface area (Å²) < 4.78 is 7.20. The van der Waals surface area contributed by atoms with Gasteiger partial charge in [0.1, 0.15) is 5.82 Å². The Labute approximate surface area is 148 Å². The van der Waals surface area contributed by atoms with Crippen LogP contribution in [0.4, 0.5) is 5.69 Å². The van der Waals surface area contributed by atoms with Crippen molar-refractivity contribution in [1.82, 2.24) is 14.5 Å². The molecule has 1 aliphatic heterocycles. The molecule has 1 aromatic carbocycles. The third-order valence-electron chi connectivity index (χ3n) is 4.79. The van der Waals surface area contributed by atoms with Gasteiger partial charge in [-0.05, 0) is 31.5 Å². The lowest BCUT2D eigenvalue weighted by atomic mass is 10.1. The molecule has 1 fully saturated rings. The number of ether oxygens (including phenoxy) is 1. The normalized spacial score (nSPS) is 17.8. The number of likely N-dealkylation sites (tertiary alicyclic amines) is 1. The molecule has 0 radical (unpaired) electrons. The number of nitrogens with one attached hydrogen (secondary N) is 1. The highest BCUT2D eigenvalue weighted by Crippen LogP contribution is 2.21. The van der Waals surface area contributed by atoms with Crippen molar-refractivity contribution in [2.24, 2.45) is 5.92 Å². The summed E-state index contributed by atoms with van der Waals surface area (Å²) in [5, 5.41) is 3.13. The SMILES string of the molecule is COCCN1CC[C@H](C(=O)Nc2ccccc2Cn2ccnc2C)C1. The number of benzene rings is 1. The van der Waals surface area contributed by atoms with Crippen LogP contribution in [0.25, 0.3) is 0 Å². The maximum absolute atomic E-state index is 12.7. The quantitative estimate of drug-likeness (QED) is 0.838. The number of imidazole rings is 1. The van der Waals surface area contributed by atoms with Crippen LogP contribution < -0.4 is 5.32 Å². The summed E-state index contributed by atoms with van der Waals surface area (Å²) >= 11 is 0. The van der Waals surface area contributed by atoms with Gasteiger partial charge in [-0.3, -0.25) is 4.79 Å². The van der Waals surface area contributed by atoms with Crippen LogP contribution in [0.5, 0.6) is 0 Å². The summed E-state index contributed by atoms with van der Waals surface area (Å²) in [7, 11) is 1.71. The average Bonchev–Trinajstić information content (AvgIpc) is 3.24. The predicted octanol–water partition coefficient (Wildman–Crippen LogP) is 2.15. The zero-order valence-electron chi connectivity index (χ0n) is 14.9. The molecule has 1 saturated heterocycles. The van der Waals surface area contributed by atoms with Gasteiger partial charge in [0.25, 0.3) is 0 Å². The monoisotopic (exact) mass is 342 g/mol. The van der Waals surface area contributed by atoms with Gasteiger partial charge in [-0.2, -0.15) is 0 Å². The lowest BCUT2D eigenvalue weighted by Crippen LogP contribution is -2.29. The number of carbonyl (C=O) groups excluding carboxylic acids is 1. The molecular weight excluding hydrogens is 316 g/mol. The lowest BCUT2D eigenvalue weighted by Gasteiger charge is -2.16. The van der Waals surface area contributed by atoms with Crippen molar-refractivity contribution in [2.45, 2.75) is 19.9 Å². The molecule has 1 aromatic heterocycles. The zero-order chi connectivity index (χ0) is 17.6. The molecule has 0 bridgehead atoms. The number of aryl methyl sites for hydroxylation is 1. The Bertz CT molecular complexity index is 713. The van der Waals surface area contributed by atoms with E-state index >= 15 is 0 Å². The van der Waals surface area contributed by atoms with Crippen LogP contribution in [0.1, 0.15) is 17.8 Å². The van der Waals surface area contributed by atoms with Gasteiger partial charge < -0.3 is 19.5 Å². The first-order chi connectivity index (χ1) is 12.2. The van der Waals surface area contributed by atoms with Crippen LogP contribution >= 0.6 is 0 Å². The smallest absolute Gasteiger partial charge is 0.228 e. The number of anilines is 1. The highest BCUT2D eigenvalue weighted by Gasteiger charge is 2.28. The molecule has 0 unspecified atom stereocenters. The Morgan fingerprint density at radius 3 is 3.00 bits per heavy atom. The molecule has 2 heterocycles. The number of methoxy groups -OCH3 is 1. The summed E-state index contributed by atoms with van der Waals surface area (Å²) in [6.45, 7) is 6.04. The van der Waals surface area contributed by atoms with E-state index < -0.39 is 0 Å². The molecule has 1 amide bonds. The van der Waals surface area contributed by atoms with Gasteiger partial charge in [-0.1, -0.05) is 18.2 Å². The standard InChI is InChI=1S/C19H26N4O2/c1-15-20-8-10-23(15)14-16-5-3-4-6-18(16)21-19(24)17-7-9-22(13-17)11-12-25-2/h3-6,8,10,17H,7,9,11-14H2,1-2H3,(H,21,24)/t17-/m0/s1. The summed E-state index contributed by atoms with van der Waals surface area (Å²) in [6, 6.07) is 7.98. The van der Waals surface area contributed by atoms with Crippen molar-refractivity contribution in [3.63, 3.8) is 0 Å². The number of nitrogens with zero attached hydrogens (tertiary/aromatic N) is 3. The lowest BCUT2D eigenvalue weighted by molar-refractivity contribution is -0.119. The maximum Gasteiger partial charge on any atom is 0.228 e. The van der Waals surface area contributed by atoms with Crippen LogP contribution in [-0.2, 0) is 16.1 Å². The molecule has 1 N–H and O–H groups in total. The molecule has 0 spiro atoms. The Morgan fingerprint density at radius 1 is 1.40 bits per heavy atom. The molecule has 6 nitrogen and oxygen atoms in total. The Balaban J connectivity index is 1.63. The molecule has 3 rings (SSSR count). The fourth-order valence-corrected chi connectivity index (χ4v) is 3.24. The number of hydrogen-bond donors (Lipinski definition) is 1. The highest BCUT2D eigenvalue weighted by atomic mass is 16.5. The van der Waals surface area contributed by atoms with Gasteiger partial charge in [0.2, 0.25) is 5.91 Å². The fourth-order valence-electron chi connectivity index (χ4n) is 3.24. The first-order valence-corrected chi connectivity index (χ1v) is 8.75. The molecule has 2 aromatic rings. The second kappa shape index (κ2) is 8.27. The van der Waals surface area contributed by atoms with E-state index in [1.165, 1.54) is 0 Å². The minimum atomic E-state index is 0.0416. The first kappa shape index (κ1) is 17.6.